The maximum absolute atomic E-state index is 3.73. The van der Waals surface area contributed by atoms with E-state index in [2.05, 4.69) is 78.3 Å². The summed E-state index contributed by atoms with van der Waals surface area (Å²) < 4.78 is 1.19. The first-order chi connectivity index (χ1) is 8.65. The van der Waals surface area contributed by atoms with Crippen molar-refractivity contribution in [2.75, 3.05) is 0 Å². The Hall–Kier alpha value is -1.34. The predicted molar refractivity (Wildman–Crippen MR) is 83.8 cm³/mol. The van der Waals surface area contributed by atoms with Crippen molar-refractivity contribution in [3.63, 3.8) is 0 Å². The first kappa shape index (κ1) is 13.1. The first-order valence-electron chi connectivity index (χ1n) is 6.13. The van der Waals surface area contributed by atoms with Gasteiger partial charge in [0.05, 0.1) is 0 Å². The molecule has 0 fully saturated rings. The summed E-state index contributed by atoms with van der Waals surface area (Å²) in [5.74, 6) is 0. The average Bonchev–Trinajstić information content (AvgIpc) is 2.40. The van der Waals surface area contributed by atoms with Gasteiger partial charge in [-0.2, -0.15) is 0 Å². The van der Waals surface area contributed by atoms with Crippen LogP contribution in [0.2, 0.25) is 0 Å². The summed E-state index contributed by atoms with van der Waals surface area (Å²) in [5.41, 5.74) is 6.43. The molecule has 0 aliphatic rings. The molecular formula is C17H17Br. The Kier molecular flexibility index (Phi) is 4.03. The van der Waals surface area contributed by atoms with Gasteiger partial charge in [0.25, 0.3) is 0 Å². The third-order valence-corrected chi connectivity index (χ3v) is 4.20. The first-order valence-corrected chi connectivity index (χ1v) is 6.92. The third-order valence-electron chi connectivity index (χ3n) is 3.17. The van der Waals surface area contributed by atoms with Gasteiger partial charge in [0.1, 0.15) is 0 Å². The molecule has 2 aromatic carbocycles. The molecule has 0 saturated carbocycles. The molecule has 1 heteroatoms. The van der Waals surface area contributed by atoms with Crippen molar-refractivity contribution in [3.05, 3.63) is 63.6 Å². The summed E-state index contributed by atoms with van der Waals surface area (Å²) in [6.07, 6.45) is 4.23. The fourth-order valence-electron chi connectivity index (χ4n) is 2.18. The van der Waals surface area contributed by atoms with Crippen LogP contribution < -0.4 is 0 Å². The second-order valence-electron chi connectivity index (χ2n) is 4.46. The largest absolute Gasteiger partial charge is 0.0870 e. The second-order valence-corrected chi connectivity index (χ2v) is 5.25. The molecule has 92 valence electrons. The summed E-state index contributed by atoms with van der Waals surface area (Å²) in [5, 5.41) is 0. The lowest BCUT2D eigenvalue weighted by molar-refractivity contribution is 1.34. The van der Waals surface area contributed by atoms with Crippen molar-refractivity contribution in [1.29, 1.82) is 0 Å². The number of aryl methyl sites for hydroxylation is 1. The van der Waals surface area contributed by atoms with Crippen molar-refractivity contribution >= 4 is 22.0 Å². The fourth-order valence-corrected chi connectivity index (χ4v) is 2.84. The van der Waals surface area contributed by atoms with Crippen LogP contribution in [-0.2, 0) is 0 Å². The molecule has 0 spiro atoms. The Morgan fingerprint density at radius 1 is 1.06 bits per heavy atom. The molecule has 0 heterocycles. The zero-order chi connectivity index (χ0) is 13.1. The van der Waals surface area contributed by atoms with E-state index in [1.165, 1.54) is 32.3 Å². The fraction of sp³-hybridized carbons (Fsp3) is 0.176. The van der Waals surface area contributed by atoms with E-state index in [0.717, 1.165) is 0 Å². The Morgan fingerprint density at radius 2 is 1.72 bits per heavy atom. The molecule has 0 amide bonds. The highest BCUT2D eigenvalue weighted by molar-refractivity contribution is 9.10. The molecule has 0 saturated heterocycles. The van der Waals surface area contributed by atoms with E-state index in [1.54, 1.807) is 0 Å². The number of rotatable bonds is 2. The Morgan fingerprint density at radius 3 is 2.33 bits per heavy atom. The molecule has 0 aromatic heterocycles. The van der Waals surface area contributed by atoms with Crippen LogP contribution in [-0.4, -0.2) is 0 Å². The van der Waals surface area contributed by atoms with E-state index in [9.17, 15) is 0 Å². The number of halogens is 1. The van der Waals surface area contributed by atoms with Gasteiger partial charge in [-0.1, -0.05) is 48.6 Å². The van der Waals surface area contributed by atoms with E-state index < -0.39 is 0 Å². The molecule has 0 bridgehead atoms. The van der Waals surface area contributed by atoms with Crippen LogP contribution >= 0.6 is 15.9 Å². The Labute approximate surface area is 117 Å². The van der Waals surface area contributed by atoms with Gasteiger partial charge < -0.3 is 0 Å². The monoisotopic (exact) mass is 300 g/mol. The minimum absolute atomic E-state index is 1.19. The van der Waals surface area contributed by atoms with Crippen molar-refractivity contribution < 1.29 is 0 Å². The summed E-state index contributed by atoms with van der Waals surface area (Å²) in [4.78, 5) is 0. The van der Waals surface area contributed by atoms with Crippen molar-refractivity contribution in [2.45, 2.75) is 20.8 Å². The van der Waals surface area contributed by atoms with Gasteiger partial charge in [-0.25, -0.2) is 0 Å². The van der Waals surface area contributed by atoms with E-state index in [0.29, 0.717) is 0 Å². The third kappa shape index (κ3) is 2.41. The molecule has 2 aromatic rings. The quantitative estimate of drug-likeness (QED) is 0.661. The van der Waals surface area contributed by atoms with Crippen LogP contribution in [0.5, 0.6) is 0 Å². The number of hydrogen-bond acceptors (Lipinski definition) is 0. The summed E-state index contributed by atoms with van der Waals surface area (Å²) >= 11 is 3.73. The Balaban J connectivity index is 2.66. The normalized spacial score (nSPS) is 11.1. The highest BCUT2D eigenvalue weighted by Gasteiger charge is 2.10. The predicted octanol–water partition coefficient (Wildman–Crippen LogP) is 5.77. The number of hydrogen-bond donors (Lipinski definition) is 0. The van der Waals surface area contributed by atoms with E-state index in [-0.39, 0.29) is 0 Å². The second kappa shape index (κ2) is 5.53. The van der Waals surface area contributed by atoms with Crippen molar-refractivity contribution in [2.24, 2.45) is 0 Å². The molecule has 2 rings (SSSR count). The summed E-state index contributed by atoms with van der Waals surface area (Å²) in [7, 11) is 0. The highest BCUT2D eigenvalue weighted by Crippen LogP contribution is 2.34. The SMILES string of the molecule is CC=Cc1c(C)cc(-c2ccccc2)c(C)c1Br. The molecule has 0 N–H and O–H groups in total. The molecule has 0 radical (unpaired) electrons. The van der Waals surface area contributed by atoms with E-state index >= 15 is 0 Å². The smallest absolute Gasteiger partial charge is 0.0285 e. The van der Waals surface area contributed by atoms with Gasteiger partial charge in [0.15, 0.2) is 0 Å². The minimum atomic E-state index is 1.19. The molecule has 0 aliphatic carbocycles. The standard InChI is InChI=1S/C17H17Br/c1-4-8-15-12(2)11-16(13(3)17(15)18)14-9-6-5-7-10-14/h4-11H,1-3H3. The lowest BCUT2D eigenvalue weighted by Gasteiger charge is -2.13. The molecule has 0 aliphatic heterocycles. The van der Waals surface area contributed by atoms with Crippen LogP contribution in [0, 0.1) is 13.8 Å². The van der Waals surface area contributed by atoms with Gasteiger partial charge in [-0.3, -0.25) is 0 Å². The molecule has 0 unspecified atom stereocenters. The highest BCUT2D eigenvalue weighted by atomic mass is 79.9. The minimum Gasteiger partial charge on any atom is -0.0870 e. The summed E-state index contributed by atoms with van der Waals surface area (Å²) in [6.45, 7) is 6.37. The molecule has 18 heavy (non-hydrogen) atoms. The molecule has 0 atom stereocenters. The van der Waals surface area contributed by atoms with Crippen LogP contribution in [0.15, 0.2) is 46.9 Å². The van der Waals surface area contributed by atoms with Crippen molar-refractivity contribution in [1.82, 2.24) is 0 Å². The van der Waals surface area contributed by atoms with Gasteiger partial charge >= 0.3 is 0 Å². The van der Waals surface area contributed by atoms with Crippen molar-refractivity contribution in [3.8, 4) is 11.1 Å². The average molecular weight is 301 g/mol. The van der Waals surface area contributed by atoms with Crippen LogP contribution in [0.1, 0.15) is 23.6 Å². The van der Waals surface area contributed by atoms with Gasteiger partial charge in [-0.05, 0) is 64.5 Å². The van der Waals surface area contributed by atoms with Gasteiger partial charge in [0.2, 0.25) is 0 Å². The van der Waals surface area contributed by atoms with Crippen LogP contribution in [0.4, 0.5) is 0 Å². The lowest BCUT2D eigenvalue weighted by Crippen LogP contribution is -1.92. The van der Waals surface area contributed by atoms with Crippen LogP contribution in [0.3, 0.4) is 0 Å². The van der Waals surface area contributed by atoms with Gasteiger partial charge in [-0.15, -0.1) is 0 Å². The maximum atomic E-state index is 3.73. The Bertz CT molecular complexity index is 580. The maximum Gasteiger partial charge on any atom is 0.0285 e. The number of allylic oxidation sites excluding steroid dienone is 1. The van der Waals surface area contributed by atoms with E-state index in [1.807, 2.05) is 6.92 Å². The van der Waals surface area contributed by atoms with Crippen LogP contribution in [0.25, 0.3) is 17.2 Å². The zero-order valence-corrected chi connectivity index (χ0v) is 12.6. The molecular weight excluding hydrogens is 284 g/mol. The van der Waals surface area contributed by atoms with E-state index in [4.69, 9.17) is 0 Å². The summed E-state index contributed by atoms with van der Waals surface area (Å²) in [6, 6.07) is 12.8. The zero-order valence-electron chi connectivity index (χ0n) is 11.0. The van der Waals surface area contributed by atoms with Gasteiger partial charge in [0, 0.05) is 4.47 Å². The lowest BCUT2D eigenvalue weighted by atomic mass is 9.95. The molecule has 0 nitrogen and oxygen atoms in total. The number of benzene rings is 2. The topological polar surface area (TPSA) is 0 Å².